The van der Waals surface area contributed by atoms with Gasteiger partial charge in [-0.1, -0.05) is 0 Å². The fraction of sp³-hybridized carbons (Fsp3) is 0. The first-order chi connectivity index (χ1) is 2.41. The zero-order chi connectivity index (χ0) is 4.71. The van der Waals surface area contributed by atoms with Gasteiger partial charge in [-0.05, 0) is 0 Å². The second-order valence-electron chi connectivity index (χ2n) is 0.0589. The number of hydrogen-bond acceptors (Lipinski definition) is 3. The van der Waals surface area contributed by atoms with Crippen molar-refractivity contribution in [2.75, 3.05) is 0 Å². The fourth-order valence-electron chi connectivity index (χ4n) is 0. The van der Waals surface area contributed by atoms with Crippen molar-refractivity contribution in [2.45, 2.75) is 0 Å². The molecule has 0 heterocycles. The van der Waals surface area contributed by atoms with Crippen LogP contribution < -0.4 is 0 Å². The SMILES string of the molecule is [O]=[Ru].[O]=[Ru]=[O]. The Morgan fingerprint density at radius 2 is 1.20 bits per heavy atom. The predicted octanol–water partition coefficient (Wildman–Crippen LogP) is -0.361. The molecule has 0 aromatic carbocycles. The van der Waals surface area contributed by atoms with Crippen molar-refractivity contribution < 1.29 is 46.0 Å². The number of hydrogen-bond donors (Lipinski definition) is 0. The van der Waals surface area contributed by atoms with Crippen molar-refractivity contribution in [3.63, 3.8) is 0 Å². The molecule has 3 nitrogen and oxygen atoms in total. The van der Waals surface area contributed by atoms with Gasteiger partial charge in [0, 0.05) is 0 Å². The van der Waals surface area contributed by atoms with Crippen LogP contribution in [0.3, 0.4) is 0 Å². The standard InChI is InChI=1S/3O.2Ru. The normalized spacial score (nSPS) is 4.20. The monoisotopic (exact) mass is 252 g/mol. The molecule has 0 saturated heterocycles. The van der Waals surface area contributed by atoms with Gasteiger partial charge in [0.1, 0.15) is 0 Å². The van der Waals surface area contributed by atoms with Crippen LogP contribution in [0.1, 0.15) is 0 Å². The van der Waals surface area contributed by atoms with Crippen molar-refractivity contribution >= 4 is 0 Å². The van der Waals surface area contributed by atoms with Crippen LogP contribution in [0.25, 0.3) is 0 Å². The van der Waals surface area contributed by atoms with Crippen molar-refractivity contribution in [2.24, 2.45) is 0 Å². The van der Waals surface area contributed by atoms with E-state index >= 15 is 0 Å². The Bertz CT molecular complexity index is 34.2. The molecule has 0 aromatic heterocycles. The third-order valence-corrected chi connectivity index (χ3v) is 0. The van der Waals surface area contributed by atoms with E-state index in [0.29, 0.717) is 0 Å². The molecule has 0 fully saturated rings. The molecule has 0 bridgehead atoms. The molecular weight excluding hydrogens is 250 g/mol. The van der Waals surface area contributed by atoms with E-state index in [-0.39, 0.29) is 0 Å². The third-order valence-electron chi connectivity index (χ3n) is 0. The topological polar surface area (TPSA) is 51.2 Å². The Labute approximate surface area is 46.2 Å². The van der Waals surface area contributed by atoms with E-state index in [2.05, 4.69) is 0 Å². The Balaban J connectivity index is 0. The summed E-state index contributed by atoms with van der Waals surface area (Å²) in [5, 5.41) is 0. The minimum absolute atomic E-state index is 1.10. The van der Waals surface area contributed by atoms with Crippen LogP contribution in [0.4, 0.5) is 0 Å². The van der Waals surface area contributed by atoms with Crippen LogP contribution in [-0.2, 0) is 46.0 Å². The average Bonchev–Trinajstić information content (AvgIpc) is 1.46. The Hall–Kier alpha value is 0.647. The van der Waals surface area contributed by atoms with E-state index in [9.17, 15) is 0 Å². The van der Waals surface area contributed by atoms with Crippen LogP contribution in [0.5, 0.6) is 0 Å². The van der Waals surface area contributed by atoms with Crippen molar-refractivity contribution in [1.82, 2.24) is 0 Å². The molecule has 0 aromatic rings. The number of rotatable bonds is 0. The van der Waals surface area contributed by atoms with Gasteiger partial charge in [0.25, 0.3) is 0 Å². The second kappa shape index (κ2) is 22.8. The first-order valence-electron chi connectivity index (χ1n) is 0.433. The fourth-order valence-corrected chi connectivity index (χ4v) is 0. The summed E-state index contributed by atoms with van der Waals surface area (Å²) >= 11 is -0.690. The minimum atomic E-state index is -1.79. The molecular formula is O3Ru2. The molecule has 0 atom stereocenters. The first-order valence-corrected chi connectivity index (χ1v) is 2.56. The first kappa shape index (κ1) is 9.17. The van der Waals surface area contributed by atoms with Gasteiger partial charge in [-0.3, -0.25) is 0 Å². The molecule has 0 N–H and O–H groups in total. The summed E-state index contributed by atoms with van der Waals surface area (Å²) in [6, 6.07) is 0. The Morgan fingerprint density at radius 1 is 1.20 bits per heavy atom. The summed E-state index contributed by atoms with van der Waals surface area (Å²) in [4.78, 5) is 0. The van der Waals surface area contributed by atoms with Gasteiger partial charge in [0.15, 0.2) is 0 Å². The van der Waals surface area contributed by atoms with Crippen molar-refractivity contribution in [3.8, 4) is 0 Å². The van der Waals surface area contributed by atoms with Crippen LogP contribution in [-0.4, -0.2) is 0 Å². The van der Waals surface area contributed by atoms with E-state index < -0.39 is 17.0 Å². The predicted molar refractivity (Wildman–Crippen MR) is 2.06 cm³/mol. The van der Waals surface area contributed by atoms with Gasteiger partial charge in [0.2, 0.25) is 0 Å². The maximum atomic E-state index is 8.46. The molecule has 0 aliphatic rings. The molecule has 34 valence electrons. The van der Waals surface area contributed by atoms with E-state index in [1.54, 1.807) is 0 Å². The maximum absolute atomic E-state index is 8.46. The molecule has 0 amide bonds. The summed E-state index contributed by atoms with van der Waals surface area (Å²) in [5.74, 6) is 0. The molecule has 0 unspecified atom stereocenters. The molecule has 5 heteroatoms. The van der Waals surface area contributed by atoms with Gasteiger partial charge < -0.3 is 0 Å². The molecule has 0 aliphatic heterocycles. The third kappa shape index (κ3) is 77.8. The average molecular weight is 250 g/mol. The molecule has 0 radical (unpaired) electrons. The molecule has 0 rings (SSSR count). The molecule has 0 spiro atoms. The zero-order valence-corrected chi connectivity index (χ0v) is 5.41. The second-order valence-corrected chi connectivity index (χ2v) is 0.349. The van der Waals surface area contributed by atoms with Gasteiger partial charge in [-0.25, -0.2) is 0 Å². The summed E-state index contributed by atoms with van der Waals surface area (Å²) in [6.45, 7) is 0. The van der Waals surface area contributed by atoms with Gasteiger partial charge in [-0.15, -0.1) is 0 Å². The quantitative estimate of drug-likeness (QED) is 0.552. The van der Waals surface area contributed by atoms with Crippen LogP contribution in [0.15, 0.2) is 0 Å². The van der Waals surface area contributed by atoms with Gasteiger partial charge in [-0.2, -0.15) is 0 Å². The van der Waals surface area contributed by atoms with Crippen LogP contribution in [0, 0.1) is 0 Å². The molecule has 5 heavy (non-hydrogen) atoms. The Kier molecular flexibility index (Phi) is 41.8. The zero-order valence-electron chi connectivity index (χ0n) is 1.93. The van der Waals surface area contributed by atoms with Crippen LogP contribution >= 0.6 is 0 Å². The van der Waals surface area contributed by atoms with Gasteiger partial charge >= 0.3 is 46.0 Å². The molecule has 0 aliphatic carbocycles. The van der Waals surface area contributed by atoms with E-state index in [0.717, 1.165) is 18.3 Å². The summed E-state index contributed by atoms with van der Waals surface area (Å²) in [6.07, 6.45) is 0. The molecule has 0 saturated carbocycles. The van der Waals surface area contributed by atoms with E-state index in [4.69, 9.17) is 10.7 Å². The Morgan fingerprint density at radius 3 is 1.20 bits per heavy atom. The summed E-state index contributed by atoms with van der Waals surface area (Å²) in [5.41, 5.74) is 0. The van der Waals surface area contributed by atoms with E-state index in [1.807, 2.05) is 0 Å². The summed E-state index contributed by atoms with van der Waals surface area (Å²) in [7, 11) is 0. The van der Waals surface area contributed by atoms with E-state index in [1.165, 1.54) is 0 Å². The van der Waals surface area contributed by atoms with Crippen LogP contribution in [0.2, 0.25) is 0 Å². The van der Waals surface area contributed by atoms with Gasteiger partial charge in [0.05, 0.1) is 0 Å². The van der Waals surface area contributed by atoms with Crippen molar-refractivity contribution in [3.05, 3.63) is 0 Å². The summed E-state index contributed by atoms with van der Waals surface area (Å²) < 4.78 is 25.1. The van der Waals surface area contributed by atoms with Crippen molar-refractivity contribution in [1.29, 1.82) is 0 Å².